The van der Waals surface area contributed by atoms with Gasteiger partial charge in [0.1, 0.15) is 12.4 Å². The van der Waals surface area contributed by atoms with Crippen LogP contribution in [0, 0.1) is 11.8 Å². The summed E-state index contributed by atoms with van der Waals surface area (Å²) in [5.41, 5.74) is 0. The van der Waals surface area contributed by atoms with E-state index < -0.39 is 0 Å². The quantitative estimate of drug-likeness (QED) is 0.783. The molecule has 0 bridgehead atoms. The van der Waals surface area contributed by atoms with Gasteiger partial charge in [0.15, 0.2) is 0 Å². The summed E-state index contributed by atoms with van der Waals surface area (Å²) in [5.74, 6) is 2.35. The highest BCUT2D eigenvalue weighted by Gasteiger charge is 2.23. The van der Waals surface area contributed by atoms with E-state index >= 15 is 0 Å². The molecule has 0 spiro atoms. The molecule has 0 unspecified atom stereocenters. The minimum atomic E-state index is 0.198. The van der Waals surface area contributed by atoms with Crippen LogP contribution in [0.25, 0.3) is 0 Å². The first-order valence-corrected chi connectivity index (χ1v) is 8.46. The molecule has 2 atom stereocenters. The summed E-state index contributed by atoms with van der Waals surface area (Å²) in [6.07, 6.45) is 8.66. The lowest BCUT2D eigenvalue weighted by Crippen LogP contribution is -2.45. The Kier molecular flexibility index (Phi) is 6.07. The van der Waals surface area contributed by atoms with Crippen LogP contribution in [0.15, 0.2) is 24.0 Å². The van der Waals surface area contributed by atoms with Gasteiger partial charge in [-0.25, -0.2) is 0 Å². The second-order valence-electron chi connectivity index (χ2n) is 6.71. The predicted molar refractivity (Wildman–Crippen MR) is 89.4 cm³/mol. The number of carbonyl (C=O) groups excluding carboxylic acids is 1. The van der Waals surface area contributed by atoms with Crippen molar-refractivity contribution in [1.82, 2.24) is 9.80 Å². The van der Waals surface area contributed by atoms with E-state index in [9.17, 15) is 4.79 Å². The molecule has 0 aromatic carbocycles. The van der Waals surface area contributed by atoms with Crippen LogP contribution in [-0.4, -0.2) is 55.0 Å². The zero-order chi connectivity index (χ0) is 16.1. The van der Waals surface area contributed by atoms with Crippen LogP contribution in [0.2, 0.25) is 0 Å². The Morgan fingerprint density at radius 1 is 1.32 bits per heavy atom. The van der Waals surface area contributed by atoms with Crippen LogP contribution in [0.3, 0.4) is 0 Å². The van der Waals surface area contributed by atoms with Crippen LogP contribution < -0.4 is 0 Å². The highest BCUT2D eigenvalue weighted by atomic mass is 16.5. The van der Waals surface area contributed by atoms with Gasteiger partial charge in [0.25, 0.3) is 0 Å². The van der Waals surface area contributed by atoms with E-state index in [1.54, 1.807) is 6.92 Å². The van der Waals surface area contributed by atoms with E-state index in [-0.39, 0.29) is 5.91 Å². The number of piperidine rings is 1. The number of likely N-dealkylation sites (N-methyl/N-ethyl adjacent to an activating group) is 1. The topological polar surface area (TPSA) is 32.8 Å². The van der Waals surface area contributed by atoms with Crippen LogP contribution in [-0.2, 0) is 9.53 Å². The largest absolute Gasteiger partial charge is 0.493 e. The molecule has 4 nitrogen and oxygen atoms in total. The van der Waals surface area contributed by atoms with Crippen molar-refractivity contribution in [1.29, 1.82) is 0 Å². The van der Waals surface area contributed by atoms with Gasteiger partial charge in [-0.2, -0.15) is 0 Å². The number of amides is 1. The molecule has 2 aliphatic rings. The van der Waals surface area contributed by atoms with E-state index in [0.29, 0.717) is 17.9 Å². The molecular formula is C18H30N2O2. The monoisotopic (exact) mass is 306 g/mol. The Hall–Kier alpha value is -1.29. The molecule has 0 aromatic heterocycles. The summed E-state index contributed by atoms with van der Waals surface area (Å²) in [4.78, 5) is 15.7. The van der Waals surface area contributed by atoms with E-state index in [0.717, 1.165) is 44.8 Å². The van der Waals surface area contributed by atoms with Crippen LogP contribution >= 0.6 is 0 Å². The Morgan fingerprint density at radius 3 is 2.59 bits per heavy atom. The van der Waals surface area contributed by atoms with Crippen LogP contribution in [0.4, 0.5) is 0 Å². The first kappa shape index (κ1) is 17.1. The molecule has 0 radical (unpaired) electrons. The second-order valence-corrected chi connectivity index (χ2v) is 6.71. The van der Waals surface area contributed by atoms with Gasteiger partial charge >= 0.3 is 0 Å². The first-order valence-electron chi connectivity index (χ1n) is 8.46. The fourth-order valence-corrected chi connectivity index (χ4v) is 3.10. The number of rotatable bonds is 5. The lowest BCUT2D eigenvalue weighted by molar-refractivity contribution is -0.130. The summed E-state index contributed by atoms with van der Waals surface area (Å²) in [6, 6.07) is 0.564. The van der Waals surface area contributed by atoms with Gasteiger partial charge in [0.05, 0.1) is 0 Å². The zero-order valence-corrected chi connectivity index (χ0v) is 14.4. The maximum absolute atomic E-state index is 11.4. The summed E-state index contributed by atoms with van der Waals surface area (Å²) < 4.78 is 5.89. The number of nitrogens with zero attached hydrogens (tertiary/aromatic N) is 2. The van der Waals surface area contributed by atoms with Crippen LogP contribution in [0.5, 0.6) is 0 Å². The Morgan fingerprint density at radius 2 is 2.00 bits per heavy atom. The van der Waals surface area contributed by atoms with E-state index in [1.165, 1.54) is 0 Å². The molecule has 1 amide bonds. The number of carbonyl (C=O) groups is 1. The van der Waals surface area contributed by atoms with Crippen molar-refractivity contribution in [2.75, 3.05) is 33.3 Å². The maximum Gasteiger partial charge on any atom is 0.219 e. The predicted octanol–water partition coefficient (Wildman–Crippen LogP) is 2.67. The Labute approximate surface area is 134 Å². The molecule has 1 aliphatic carbocycles. The lowest BCUT2D eigenvalue weighted by atomic mass is 9.91. The molecule has 22 heavy (non-hydrogen) atoms. The molecule has 1 saturated heterocycles. The standard InChI is InChI=1S/C18H30N2O2/c1-14-5-6-18(13-15(14)2)22-12-11-19(4)17-7-9-20(10-8-17)16(3)21/h5-6,13-15,17H,7-12H2,1-4H3/t14-,15+/m0/s1. The zero-order valence-electron chi connectivity index (χ0n) is 14.4. The summed E-state index contributed by atoms with van der Waals surface area (Å²) in [7, 11) is 2.16. The molecule has 1 aliphatic heterocycles. The molecule has 1 heterocycles. The average Bonchev–Trinajstić information content (AvgIpc) is 2.51. The molecule has 0 N–H and O–H groups in total. The average molecular weight is 306 g/mol. The number of hydrogen-bond acceptors (Lipinski definition) is 3. The van der Waals surface area contributed by atoms with Crippen molar-refractivity contribution in [2.45, 2.75) is 39.7 Å². The van der Waals surface area contributed by atoms with Crippen molar-refractivity contribution in [3.8, 4) is 0 Å². The molecule has 0 saturated carbocycles. The van der Waals surface area contributed by atoms with Crippen LogP contribution in [0.1, 0.15) is 33.6 Å². The van der Waals surface area contributed by atoms with Gasteiger partial charge in [-0.3, -0.25) is 9.69 Å². The lowest BCUT2D eigenvalue weighted by Gasteiger charge is -2.36. The van der Waals surface area contributed by atoms with Gasteiger partial charge in [-0.1, -0.05) is 19.9 Å². The number of likely N-dealkylation sites (tertiary alicyclic amines) is 1. The summed E-state index contributed by atoms with van der Waals surface area (Å²) in [5, 5.41) is 0. The molecule has 1 fully saturated rings. The highest BCUT2D eigenvalue weighted by molar-refractivity contribution is 5.73. The van der Waals surface area contributed by atoms with E-state index in [2.05, 4.69) is 44.0 Å². The van der Waals surface area contributed by atoms with Crippen molar-refractivity contribution in [2.24, 2.45) is 11.8 Å². The second kappa shape index (κ2) is 7.82. The minimum Gasteiger partial charge on any atom is -0.493 e. The maximum atomic E-state index is 11.4. The van der Waals surface area contributed by atoms with E-state index in [1.807, 2.05) is 4.90 Å². The SMILES string of the molecule is CC(=O)N1CCC(N(C)CCOC2=C[C@@H](C)[C@@H](C)C=C2)CC1. The fraction of sp³-hybridized carbons (Fsp3) is 0.722. The van der Waals surface area contributed by atoms with Gasteiger partial charge in [0, 0.05) is 32.6 Å². The smallest absolute Gasteiger partial charge is 0.219 e. The fourth-order valence-electron chi connectivity index (χ4n) is 3.10. The normalized spacial score (nSPS) is 26.2. The first-order chi connectivity index (χ1) is 10.5. The Balaban J connectivity index is 1.68. The molecular weight excluding hydrogens is 276 g/mol. The van der Waals surface area contributed by atoms with Crippen molar-refractivity contribution in [3.63, 3.8) is 0 Å². The van der Waals surface area contributed by atoms with Gasteiger partial charge in [-0.05, 0) is 43.9 Å². The molecule has 4 heteroatoms. The third-order valence-corrected chi connectivity index (χ3v) is 5.07. The number of hydrogen-bond donors (Lipinski definition) is 0. The third kappa shape index (κ3) is 4.60. The molecule has 124 valence electrons. The van der Waals surface area contributed by atoms with Crippen molar-refractivity contribution >= 4 is 5.91 Å². The number of ether oxygens (including phenoxy) is 1. The third-order valence-electron chi connectivity index (χ3n) is 5.07. The number of allylic oxidation sites excluding steroid dienone is 3. The van der Waals surface area contributed by atoms with Gasteiger partial charge in [0.2, 0.25) is 5.91 Å². The molecule has 2 rings (SSSR count). The van der Waals surface area contributed by atoms with Gasteiger partial charge < -0.3 is 9.64 Å². The Bertz CT molecular complexity index is 436. The van der Waals surface area contributed by atoms with Gasteiger partial charge in [-0.15, -0.1) is 0 Å². The summed E-state index contributed by atoms with van der Waals surface area (Å²) in [6.45, 7) is 9.54. The summed E-state index contributed by atoms with van der Waals surface area (Å²) >= 11 is 0. The molecule has 0 aromatic rings. The van der Waals surface area contributed by atoms with Crippen molar-refractivity contribution < 1.29 is 9.53 Å². The minimum absolute atomic E-state index is 0.198. The van der Waals surface area contributed by atoms with Crippen molar-refractivity contribution in [3.05, 3.63) is 24.0 Å². The van der Waals surface area contributed by atoms with E-state index in [4.69, 9.17) is 4.74 Å². The highest BCUT2D eigenvalue weighted by Crippen LogP contribution is 2.22.